The van der Waals surface area contributed by atoms with Gasteiger partial charge < -0.3 is 0 Å². The van der Waals surface area contributed by atoms with Crippen LogP contribution >= 0.6 is 22.6 Å². The molecule has 0 aliphatic carbocycles. The SMILES string of the molecule is Cc1c(C(F)F)cnc(I)c1C=O. The summed E-state index contributed by atoms with van der Waals surface area (Å²) < 4.78 is 25.1. The second-order valence-corrected chi connectivity index (χ2v) is 3.48. The molecular weight excluding hydrogens is 291 g/mol. The number of carbonyl (C=O) groups is 1. The summed E-state index contributed by atoms with van der Waals surface area (Å²) in [7, 11) is 0. The number of pyridine rings is 1. The van der Waals surface area contributed by atoms with Crippen LogP contribution in [0.15, 0.2) is 6.20 Å². The van der Waals surface area contributed by atoms with Gasteiger partial charge in [0.2, 0.25) is 0 Å². The molecule has 0 radical (unpaired) electrons. The predicted molar refractivity (Wildman–Crippen MR) is 52.0 cm³/mol. The van der Waals surface area contributed by atoms with Crippen LogP contribution in [-0.2, 0) is 0 Å². The molecule has 1 rings (SSSR count). The van der Waals surface area contributed by atoms with Gasteiger partial charge in [-0.1, -0.05) is 0 Å². The maximum absolute atomic E-state index is 12.3. The van der Waals surface area contributed by atoms with Crippen LogP contribution in [0.3, 0.4) is 0 Å². The minimum atomic E-state index is -2.58. The molecule has 0 saturated heterocycles. The highest BCUT2D eigenvalue weighted by atomic mass is 127. The maximum atomic E-state index is 12.3. The van der Waals surface area contributed by atoms with Crippen molar-refractivity contribution in [1.29, 1.82) is 0 Å². The number of rotatable bonds is 2. The molecule has 0 saturated carbocycles. The Morgan fingerprint density at radius 3 is 2.69 bits per heavy atom. The summed E-state index contributed by atoms with van der Waals surface area (Å²) in [6.07, 6.45) is -0.923. The fraction of sp³-hybridized carbons (Fsp3) is 0.250. The van der Waals surface area contributed by atoms with Gasteiger partial charge in [-0.25, -0.2) is 13.8 Å². The Balaban J connectivity index is 3.35. The van der Waals surface area contributed by atoms with Gasteiger partial charge in [0.15, 0.2) is 6.29 Å². The molecule has 0 bridgehead atoms. The third-order valence-corrected chi connectivity index (χ3v) is 2.59. The zero-order valence-corrected chi connectivity index (χ0v) is 8.88. The van der Waals surface area contributed by atoms with Gasteiger partial charge in [0.25, 0.3) is 6.43 Å². The molecule has 0 atom stereocenters. The molecule has 0 aliphatic rings. The molecule has 0 spiro atoms. The molecule has 0 unspecified atom stereocenters. The van der Waals surface area contributed by atoms with Gasteiger partial charge in [0, 0.05) is 17.3 Å². The number of alkyl halides is 2. The number of hydrogen-bond acceptors (Lipinski definition) is 2. The van der Waals surface area contributed by atoms with Gasteiger partial charge in [-0.2, -0.15) is 0 Å². The van der Waals surface area contributed by atoms with E-state index in [-0.39, 0.29) is 11.1 Å². The minimum Gasteiger partial charge on any atom is -0.298 e. The maximum Gasteiger partial charge on any atom is 0.265 e. The first kappa shape index (κ1) is 10.5. The Kier molecular flexibility index (Phi) is 3.29. The van der Waals surface area contributed by atoms with E-state index in [0.717, 1.165) is 6.20 Å². The minimum absolute atomic E-state index is 0.178. The number of carbonyl (C=O) groups excluding carboxylic acids is 1. The Labute approximate surface area is 87.5 Å². The van der Waals surface area contributed by atoms with E-state index in [4.69, 9.17) is 0 Å². The van der Waals surface area contributed by atoms with Crippen molar-refractivity contribution in [1.82, 2.24) is 4.98 Å². The molecule has 0 N–H and O–H groups in total. The largest absolute Gasteiger partial charge is 0.298 e. The van der Waals surface area contributed by atoms with Gasteiger partial charge in [-0.3, -0.25) is 4.79 Å². The first-order valence-electron chi connectivity index (χ1n) is 3.46. The monoisotopic (exact) mass is 297 g/mol. The highest BCUT2D eigenvalue weighted by molar-refractivity contribution is 14.1. The van der Waals surface area contributed by atoms with Crippen LogP contribution in [0.5, 0.6) is 0 Å². The molecule has 13 heavy (non-hydrogen) atoms. The molecule has 1 aromatic rings. The van der Waals surface area contributed by atoms with E-state index in [1.807, 2.05) is 22.6 Å². The Morgan fingerprint density at radius 1 is 1.62 bits per heavy atom. The topological polar surface area (TPSA) is 30.0 Å². The average Bonchev–Trinajstić information content (AvgIpc) is 2.04. The van der Waals surface area contributed by atoms with E-state index in [1.165, 1.54) is 6.92 Å². The summed E-state index contributed by atoms with van der Waals surface area (Å²) in [5.74, 6) is 0. The Morgan fingerprint density at radius 2 is 2.23 bits per heavy atom. The van der Waals surface area contributed by atoms with Crippen molar-refractivity contribution in [2.24, 2.45) is 0 Å². The molecule has 0 fully saturated rings. The molecular formula is C8H6F2INO. The van der Waals surface area contributed by atoms with E-state index in [2.05, 4.69) is 4.98 Å². The van der Waals surface area contributed by atoms with E-state index in [0.29, 0.717) is 15.6 Å². The van der Waals surface area contributed by atoms with E-state index in [1.54, 1.807) is 0 Å². The summed E-state index contributed by atoms with van der Waals surface area (Å²) in [6, 6.07) is 0. The summed E-state index contributed by atoms with van der Waals surface area (Å²) in [5.41, 5.74) is 0.380. The lowest BCUT2D eigenvalue weighted by molar-refractivity contribution is 0.112. The summed E-state index contributed by atoms with van der Waals surface area (Å²) >= 11 is 1.84. The third-order valence-electron chi connectivity index (χ3n) is 1.73. The fourth-order valence-corrected chi connectivity index (χ4v) is 1.63. The first-order chi connectivity index (χ1) is 6.07. The van der Waals surface area contributed by atoms with E-state index >= 15 is 0 Å². The molecule has 1 heterocycles. The van der Waals surface area contributed by atoms with Crippen molar-refractivity contribution >= 4 is 28.9 Å². The van der Waals surface area contributed by atoms with Gasteiger partial charge in [-0.15, -0.1) is 0 Å². The molecule has 70 valence electrons. The normalized spacial score (nSPS) is 10.5. The van der Waals surface area contributed by atoms with Crippen LogP contribution in [0.2, 0.25) is 0 Å². The van der Waals surface area contributed by atoms with E-state index < -0.39 is 6.43 Å². The molecule has 0 aliphatic heterocycles. The highest BCUT2D eigenvalue weighted by Gasteiger charge is 2.15. The average molecular weight is 297 g/mol. The van der Waals surface area contributed by atoms with Crippen LogP contribution in [0.25, 0.3) is 0 Å². The van der Waals surface area contributed by atoms with Gasteiger partial charge in [0.05, 0.1) is 0 Å². The van der Waals surface area contributed by atoms with E-state index in [9.17, 15) is 13.6 Å². The zero-order chi connectivity index (χ0) is 10.0. The van der Waals surface area contributed by atoms with Crippen LogP contribution in [-0.4, -0.2) is 11.3 Å². The molecule has 0 aromatic carbocycles. The van der Waals surface area contributed by atoms with Gasteiger partial charge in [0.1, 0.15) is 3.70 Å². The van der Waals surface area contributed by atoms with Crippen molar-refractivity contribution < 1.29 is 13.6 Å². The lowest BCUT2D eigenvalue weighted by Crippen LogP contribution is -2.00. The van der Waals surface area contributed by atoms with Crippen molar-refractivity contribution in [3.05, 3.63) is 26.6 Å². The van der Waals surface area contributed by atoms with Crippen LogP contribution < -0.4 is 0 Å². The predicted octanol–water partition coefficient (Wildman–Crippen LogP) is 2.74. The molecule has 5 heteroatoms. The molecule has 2 nitrogen and oxygen atoms in total. The van der Waals surface area contributed by atoms with Crippen molar-refractivity contribution in [3.63, 3.8) is 0 Å². The lowest BCUT2D eigenvalue weighted by Gasteiger charge is -2.06. The van der Waals surface area contributed by atoms with Crippen LogP contribution in [0, 0.1) is 10.6 Å². The van der Waals surface area contributed by atoms with Crippen molar-refractivity contribution in [3.8, 4) is 0 Å². The van der Waals surface area contributed by atoms with Crippen molar-refractivity contribution in [2.75, 3.05) is 0 Å². The molecule has 1 aromatic heterocycles. The zero-order valence-electron chi connectivity index (χ0n) is 6.72. The van der Waals surface area contributed by atoms with Gasteiger partial charge >= 0.3 is 0 Å². The van der Waals surface area contributed by atoms with Crippen LogP contribution in [0.4, 0.5) is 8.78 Å². The second-order valence-electron chi connectivity index (χ2n) is 2.46. The summed E-state index contributed by atoms with van der Waals surface area (Å²) in [4.78, 5) is 14.2. The number of hydrogen-bond donors (Lipinski definition) is 0. The summed E-state index contributed by atoms with van der Waals surface area (Å²) in [6.45, 7) is 1.50. The van der Waals surface area contributed by atoms with Gasteiger partial charge in [-0.05, 0) is 35.1 Å². The van der Waals surface area contributed by atoms with Crippen LogP contribution in [0.1, 0.15) is 27.9 Å². The first-order valence-corrected chi connectivity index (χ1v) is 4.54. The summed E-state index contributed by atoms with van der Waals surface area (Å²) in [5, 5.41) is 0. The standard InChI is InChI=1S/C8H6F2INO/c1-4-5(7(9)10)2-12-8(11)6(4)3-13/h2-3,7H,1H3. The quantitative estimate of drug-likeness (QED) is 0.477. The highest BCUT2D eigenvalue weighted by Crippen LogP contribution is 2.25. The number of aldehydes is 1. The Hall–Kier alpha value is -0.590. The second kappa shape index (κ2) is 4.08. The fourth-order valence-electron chi connectivity index (χ4n) is 0.960. The van der Waals surface area contributed by atoms with Crippen molar-refractivity contribution in [2.45, 2.75) is 13.3 Å². The number of nitrogens with zero attached hydrogens (tertiary/aromatic N) is 1. The molecule has 0 amide bonds. The number of aromatic nitrogens is 1. The number of halogens is 3. The smallest absolute Gasteiger partial charge is 0.265 e. The lowest BCUT2D eigenvalue weighted by atomic mass is 10.1. The third kappa shape index (κ3) is 2.01. The Bertz CT molecular complexity index is 341.